The molecule has 2 aromatic rings. The molecule has 0 aliphatic rings. The van der Waals surface area contributed by atoms with E-state index in [0.717, 1.165) is 15.8 Å². The number of fused-ring (bicyclic) bond motifs is 1. The second kappa shape index (κ2) is 5.05. The Morgan fingerprint density at radius 3 is 2.83 bits per heavy atom. The van der Waals surface area contributed by atoms with Crippen LogP contribution in [0.3, 0.4) is 0 Å². The molecular formula is C12H11NO4S. The van der Waals surface area contributed by atoms with Crippen molar-refractivity contribution in [1.82, 2.24) is 5.32 Å². The standard InChI is InChI=1S/C12H11NO4S/c1-17-8-3-2-7-4-10(18-9(7)5-8)12(16)13-6-11(14)15/h2-5H,6H2,1H3,(H,13,16)(H,14,15). The Morgan fingerprint density at radius 2 is 2.17 bits per heavy atom. The molecule has 5 nitrogen and oxygen atoms in total. The predicted molar refractivity (Wildman–Crippen MR) is 68.3 cm³/mol. The van der Waals surface area contributed by atoms with Crippen LogP contribution in [0.4, 0.5) is 0 Å². The van der Waals surface area contributed by atoms with E-state index in [1.165, 1.54) is 11.3 Å². The van der Waals surface area contributed by atoms with Crippen LogP contribution in [0.25, 0.3) is 10.1 Å². The van der Waals surface area contributed by atoms with E-state index in [1.807, 2.05) is 18.2 Å². The highest BCUT2D eigenvalue weighted by Gasteiger charge is 2.11. The molecule has 0 saturated heterocycles. The first kappa shape index (κ1) is 12.4. The minimum Gasteiger partial charge on any atom is -0.497 e. The molecule has 0 unspecified atom stereocenters. The number of thiophene rings is 1. The molecule has 0 radical (unpaired) electrons. The Hall–Kier alpha value is -2.08. The number of hydrogen-bond donors (Lipinski definition) is 2. The Bertz CT molecular complexity index is 605. The van der Waals surface area contributed by atoms with Gasteiger partial charge in [-0.3, -0.25) is 9.59 Å². The van der Waals surface area contributed by atoms with Crippen LogP contribution in [0.2, 0.25) is 0 Å². The van der Waals surface area contributed by atoms with Gasteiger partial charge >= 0.3 is 5.97 Å². The van der Waals surface area contributed by atoms with Gasteiger partial charge in [-0.05, 0) is 29.7 Å². The summed E-state index contributed by atoms with van der Waals surface area (Å²) in [6, 6.07) is 7.25. The summed E-state index contributed by atoms with van der Waals surface area (Å²) in [6.45, 7) is -0.379. The van der Waals surface area contributed by atoms with Crippen molar-refractivity contribution in [2.45, 2.75) is 0 Å². The fourth-order valence-corrected chi connectivity index (χ4v) is 2.50. The number of carbonyl (C=O) groups is 2. The van der Waals surface area contributed by atoms with Crippen molar-refractivity contribution < 1.29 is 19.4 Å². The monoisotopic (exact) mass is 265 g/mol. The lowest BCUT2D eigenvalue weighted by atomic mass is 10.2. The number of hydrogen-bond acceptors (Lipinski definition) is 4. The van der Waals surface area contributed by atoms with Gasteiger partial charge in [0.2, 0.25) is 0 Å². The maximum atomic E-state index is 11.7. The summed E-state index contributed by atoms with van der Waals surface area (Å²) in [4.78, 5) is 22.5. The lowest BCUT2D eigenvalue weighted by Crippen LogP contribution is -2.28. The fraction of sp³-hybridized carbons (Fsp3) is 0.167. The molecule has 1 amide bonds. The third-order valence-electron chi connectivity index (χ3n) is 2.35. The largest absolute Gasteiger partial charge is 0.497 e. The molecule has 0 bridgehead atoms. The molecule has 1 aromatic heterocycles. The predicted octanol–water partition coefficient (Wildman–Crippen LogP) is 1.72. The van der Waals surface area contributed by atoms with E-state index >= 15 is 0 Å². The van der Waals surface area contributed by atoms with Crippen LogP contribution in [0.15, 0.2) is 24.3 Å². The van der Waals surface area contributed by atoms with E-state index in [-0.39, 0.29) is 12.5 Å². The van der Waals surface area contributed by atoms with Gasteiger partial charge in [0.25, 0.3) is 5.91 Å². The highest BCUT2D eigenvalue weighted by Crippen LogP contribution is 2.28. The summed E-state index contributed by atoms with van der Waals surface area (Å²) in [7, 11) is 1.58. The fourth-order valence-electron chi connectivity index (χ4n) is 1.49. The third-order valence-corrected chi connectivity index (χ3v) is 3.45. The maximum absolute atomic E-state index is 11.7. The molecule has 0 fully saturated rings. The summed E-state index contributed by atoms with van der Waals surface area (Å²) in [5, 5.41) is 11.7. The first-order valence-corrected chi connectivity index (χ1v) is 5.99. The molecule has 2 N–H and O–H groups in total. The average Bonchev–Trinajstić information content (AvgIpc) is 2.78. The topological polar surface area (TPSA) is 75.6 Å². The van der Waals surface area contributed by atoms with Crippen molar-refractivity contribution in [2.24, 2.45) is 0 Å². The molecule has 0 atom stereocenters. The van der Waals surface area contributed by atoms with E-state index in [9.17, 15) is 9.59 Å². The minimum atomic E-state index is -1.06. The normalized spacial score (nSPS) is 10.3. The third kappa shape index (κ3) is 2.60. The highest BCUT2D eigenvalue weighted by atomic mass is 32.1. The Balaban J connectivity index is 2.24. The maximum Gasteiger partial charge on any atom is 0.322 e. The van der Waals surface area contributed by atoms with Crippen LogP contribution in [0.5, 0.6) is 5.75 Å². The van der Waals surface area contributed by atoms with E-state index < -0.39 is 5.97 Å². The molecule has 1 aromatic carbocycles. The lowest BCUT2D eigenvalue weighted by molar-refractivity contribution is -0.135. The van der Waals surface area contributed by atoms with Crippen LogP contribution >= 0.6 is 11.3 Å². The van der Waals surface area contributed by atoms with Crippen LogP contribution in [0, 0.1) is 0 Å². The number of aliphatic carboxylic acids is 1. The summed E-state index contributed by atoms with van der Waals surface area (Å²) in [6.07, 6.45) is 0. The van der Waals surface area contributed by atoms with Crippen molar-refractivity contribution in [3.8, 4) is 5.75 Å². The molecule has 0 spiro atoms. The first-order chi connectivity index (χ1) is 8.60. The molecule has 18 heavy (non-hydrogen) atoms. The van der Waals surface area contributed by atoms with E-state index in [1.54, 1.807) is 13.2 Å². The Morgan fingerprint density at radius 1 is 1.39 bits per heavy atom. The van der Waals surface area contributed by atoms with E-state index in [4.69, 9.17) is 9.84 Å². The zero-order chi connectivity index (χ0) is 13.1. The Kier molecular flexibility index (Phi) is 3.47. The second-order valence-corrected chi connectivity index (χ2v) is 4.67. The number of rotatable bonds is 4. The quantitative estimate of drug-likeness (QED) is 0.882. The van der Waals surface area contributed by atoms with Crippen LogP contribution in [-0.2, 0) is 4.79 Å². The summed E-state index contributed by atoms with van der Waals surface area (Å²) >= 11 is 1.30. The number of benzene rings is 1. The number of methoxy groups -OCH3 is 1. The van der Waals surface area contributed by atoms with Crippen LogP contribution < -0.4 is 10.1 Å². The summed E-state index contributed by atoms with van der Waals surface area (Å²) in [5.74, 6) is -0.717. The number of ether oxygens (including phenoxy) is 1. The van der Waals surface area contributed by atoms with Gasteiger partial charge < -0.3 is 15.2 Å². The number of amides is 1. The highest BCUT2D eigenvalue weighted by molar-refractivity contribution is 7.20. The second-order valence-electron chi connectivity index (χ2n) is 3.59. The SMILES string of the molecule is COc1ccc2cc(C(=O)NCC(=O)O)sc2c1. The Labute approximate surface area is 107 Å². The molecule has 6 heteroatoms. The molecule has 2 rings (SSSR count). The molecular weight excluding hydrogens is 254 g/mol. The van der Waals surface area contributed by atoms with Crippen molar-refractivity contribution in [1.29, 1.82) is 0 Å². The first-order valence-electron chi connectivity index (χ1n) is 5.17. The van der Waals surface area contributed by atoms with E-state index in [0.29, 0.717) is 4.88 Å². The number of nitrogens with one attached hydrogen (secondary N) is 1. The lowest BCUT2D eigenvalue weighted by Gasteiger charge is -1.97. The van der Waals surface area contributed by atoms with Gasteiger partial charge in [-0.2, -0.15) is 0 Å². The van der Waals surface area contributed by atoms with Gasteiger partial charge in [-0.1, -0.05) is 0 Å². The zero-order valence-electron chi connectivity index (χ0n) is 9.60. The zero-order valence-corrected chi connectivity index (χ0v) is 10.4. The van der Waals surface area contributed by atoms with Crippen molar-refractivity contribution in [2.75, 3.05) is 13.7 Å². The van der Waals surface area contributed by atoms with Gasteiger partial charge in [0.05, 0.1) is 12.0 Å². The number of carboxylic acids is 1. The molecule has 94 valence electrons. The van der Waals surface area contributed by atoms with Crippen LogP contribution in [-0.4, -0.2) is 30.6 Å². The molecule has 0 aliphatic carbocycles. The van der Waals surface area contributed by atoms with E-state index in [2.05, 4.69) is 5.32 Å². The summed E-state index contributed by atoms with van der Waals surface area (Å²) in [5.41, 5.74) is 0. The van der Waals surface area contributed by atoms with Crippen LogP contribution in [0.1, 0.15) is 9.67 Å². The summed E-state index contributed by atoms with van der Waals surface area (Å²) < 4.78 is 6.03. The van der Waals surface area contributed by atoms with Gasteiger partial charge in [-0.15, -0.1) is 11.3 Å². The van der Waals surface area contributed by atoms with Gasteiger partial charge in [0.15, 0.2) is 0 Å². The minimum absolute atomic E-state index is 0.377. The number of carboxylic acid groups (broad SMARTS) is 1. The smallest absolute Gasteiger partial charge is 0.322 e. The molecule has 0 aliphatic heterocycles. The van der Waals surface area contributed by atoms with Gasteiger partial charge in [0, 0.05) is 4.70 Å². The van der Waals surface area contributed by atoms with Gasteiger partial charge in [0.1, 0.15) is 12.3 Å². The van der Waals surface area contributed by atoms with Crippen molar-refractivity contribution >= 4 is 33.3 Å². The van der Waals surface area contributed by atoms with Crippen molar-refractivity contribution in [3.63, 3.8) is 0 Å². The molecule has 1 heterocycles. The number of carbonyl (C=O) groups excluding carboxylic acids is 1. The average molecular weight is 265 g/mol. The molecule has 0 saturated carbocycles. The van der Waals surface area contributed by atoms with Gasteiger partial charge in [-0.25, -0.2) is 0 Å². The van der Waals surface area contributed by atoms with Crippen molar-refractivity contribution in [3.05, 3.63) is 29.1 Å².